The highest BCUT2D eigenvalue weighted by molar-refractivity contribution is 6.31. The van der Waals surface area contributed by atoms with Gasteiger partial charge in [0.1, 0.15) is 0 Å². The Labute approximate surface area is 146 Å². The standard InChI is InChI=1S/C18H24ClF3N2/c19-16-7-6-14(18(20,21)22)12-15(16)17(13-4-2-1-3-5-13)24-10-8-23-9-11-24/h6-7,12-13,17,23H,1-5,8-11H2/t17-/m0/s1. The predicted octanol–water partition coefficient (Wildman–Crippen LogP) is 4.89. The first kappa shape index (κ1) is 18.0. The second kappa shape index (κ2) is 7.63. The van der Waals surface area contributed by atoms with E-state index < -0.39 is 11.7 Å². The third kappa shape index (κ3) is 4.06. The summed E-state index contributed by atoms with van der Waals surface area (Å²) in [5.74, 6) is 0.387. The molecule has 2 fully saturated rings. The molecule has 1 heterocycles. The molecule has 1 saturated heterocycles. The van der Waals surface area contributed by atoms with Crippen LogP contribution in [0.4, 0.5) is 13.2 Å². The van der Waals surface area contributed by atoms with E-state index in [-0.39, 0.29) is 6.04 Å². The van der Waals surface area contributed by atoms with Crippen LogP contribution >= 0.6 is 11.6 Å². The molecule has 0 bridgehead atoms. The van der Waals surface area contributed by atoms with Crippen molar-refractivity contribution in [2.75, 3.05) is 26.2 Å². The molecule has 24 heavy (non-hydrogen) atoms. The number of hydrogen-bond acceptors (Lipinski definition) is 2. The van der Waals surface area contributed by atoms with Crippen molar-refractivity contribution < 1.29 is 13.2 Å². The minimum atomic E-state index is -4.33. The molecule has 1 aromatic rings. The first-order valence-corrected chi connectivity index (χ1v) is 9.16. The van der Waals surface area contributed by atoms with E-state index in [0.29, 0.717) is 16.5 Å². The lowest BCUT2D eigenvalue weighted by Gasteiger charge is -2.41. The van der Waals surface area contributed by atoms with Gasteiger partial charge in [-0.2, -0.15) is 13.2 Å². The van der Waals surface area contributed by atoms with Crippen molar-refractivity contribution in [3.05, 3.63) is 34.3 Å². The van der Waals surface area contributed by atoms with Gasteiger partial charge in [-0.25, -0.2) is 0 Å². The first-order valence-electron chi connectivity index (χ1n) is 8.78. The van der Waals surface area contributed by atoms with Crippen molar-refractivity contribution in [3.8, 4) is 0 Å². The molecule has 6 heteroatoms. The number of nitrogens with zero attached hydrogens (tertiary/aromatic N) is 1. The third-order valence-corrected chi connectivity index (χ3v) is 5.63. The molecule has 0 spiro atoms. The Balaban J connectivity index is 1.97. The molecule has 1 aliphatic carbocycles. The molecule has 0 radical (unpaired) electrons. The Morgan fingerprint density at radius 3 is 2.38 bits per heavy atom. The SMILES string of the molecule is FC(F)(F)c1ccc(Cl)c([C@H](C2CCCCC2)N2CCNCC2)c1. The van der Waals surface area contributed by atoms with E-state index in [1.165, 1.54) is 18.6 Å². The maximum Gasteiger partial charge on any atom is 0.416 e. The number of benzene rings is 1. The van der Waals surface area contributed by atoms with Gasteiger partial charge in [-0.15, -0.1) is 0 Å². The number of piperazine rings is 1. The molecule has 0 amide bonds. The van der Waals surface area contributed by atoms with Gasteiger partial charge in [0.05, 0.1) is 5.56 Å². The van der Waals surface area contributed by atoms with Crippen LogP contribution in [0.1, 0.15) is 49.3 Å². The van der Waals surface area contributed by atoms with Crippen LogP contribution in [0, 0.1) is 5.92 Å². The predicted molar refractivity (Wildman–Crippen MR) is 90.2 cm³/mol. The van der Waals surface area contributed by atoms with Crippen LogP contribution in [0.5, 0.6) is 0 Å². The fraction of sp³-hybridized carbons (Fsp3) is 0.667. The van der Waals surface area contributed by atoms with Gasteiger partial charge in [-0.05, 0) is 42.5 Å². The van der Waals surface area contributed by atoms with Crippen molar-refractivity contribution in [1.82, 2.24) is 10.2 Å². The zero-order chi connectivity index (χ0) is 17.2. The van der Waals surface area contributed by atoms with E-state index in [2.05, 4.69) is 10.2 Å². The van der Waals surface area contributed by atoms with Crippen molar-refractivity contribution in [2.24, 2.45) is 5.92 Å². The van der Waals surface area contributed by atoms with Gasteiger partial charge in [0, 0.05) is 37.2 Å². The van der Waals surface area contributed by atoms with Crippen LogP contribution < -0.4 is 5.32 Å². The Morgan fingerprint density at radius 1 is 1.08 bits per heavy atom. The first-order chi connectivity index (χ1) is 11.5. The molecule has 2 nitrogen and oxygen atoms in total. The van der Waals surface area contributed by atoms with Crippen molar-refractivity contribution in [3.63, 3.8) is 0 Å². The molecular formula is C18H24ClF3N2. The van der Waals surface area contributed by atoms with Crippen LogP contribution in [0.15, 0.2) is 18.2 Å². The minimum Gasteiger partial charge on any atom is -0.314 e. The Morgan fingerprint density at radius 2 is 1.75 bits per heavy atom. The number of alkyl halides is 3. The quantitative estimate of drug-likeness (QED) is 0.826. The zero-order valence-electron chi connectivity index (χ0n) is 13.7. The Bertz CT molecular complexity index is 532. The van der Waals surface area contributed by atoms with Gasteiger partial charge in [-0.1, -0.05) is 30.9 Å². The molecule has 1 saturated carbocycles. The molecular weight excluding hydrogens is 337 g/mol. The number of nitrogens with one attached hydrogen (secondary N) is 1. The largest absolute Gasteiger partial charge is 0.416 e. The van der Waals surface area contributed by atoms with Crippen LogP contribution in [0.2, 0.25) is 5.02 Å². The summed E-state index contributed by atoms with van der Waals surface area (Å²) in [5, 5.41) is 3.78. The summed E-state index contributed by atoms with van der Waals surface area (Å²) < 4.78 is 39.5. The molecule has 2 aliphatic rings. The zero-order valence-corrected chi connectivity index (χ0v) is 14.5. The summed E-state index contributed by atoms with van der Waals surface area (Å²) in [4.78, 5) is 2.33. The summed E-state index contributed by atoms with van der Waals surface area (Å²) >= 11 is 6.37. The summed E-state index contributed by atoms with van der Waals surface area (Å²) in [6.45, 7) is 3.46. The van der Waals surface area contributed by atoms with E-state index in [9.17, 15) is 13.2 Å². The average molecular weight is 361 g/mol. The Hall–Kier alpha value is -0.780. The molecule has 1 aromatic carbocycles. The number of rotatable bonds is 3. The van der Waals surface area contributed by atoms with Crippen LogP contribution in [-0.2, 0) is 6.18 Å². The second-order valence-corrected chi connectivity index (χ2v) is 7.27. The van der Waals surface area contributed by atoms with Crippen molar-refractivity contribution >= 4 is 11.6 Å². The normalized spacial score (nSPS) is 22.5. The van der Waals surface area contributed by atoms with Gasteiger partial charge >= 0.3 is 6.18 Å². The lowest BCUT2D eigenvalue weighted by atomic mass is 9.79. The van der Waals surface area contributed by atoms with Gasteiger partial charge in [0.15, 0.2) is 0 Å². The Kier molecular flexibility index (Phi) is 5.73. The number of hydrogen-bond donors (Lipinski definition) is 1. The topological polar surface area (TPSA) is 15.3 Å². The highest BCUT2D eigenvalue weighted by Crippen LogP contribution is 2.42. The monoisotopic (exact) mass is 360 g/mol. The minimum absolute atomic E-state index is 0.0119. The lowest BCUT2D eigenvalue weighted by Crippen LogP contribution is -2.47. The van der Waals surface area contributed by atoms with Crippen LogP contribution in [0.25, 0.3) is 0 Å². The number of halogens is 4. The van der Waals surface area contributed by atoms with Gasteiger partial charge in [0.25, 0.3) is 0 Å². The molecule has 0 unspecified atom stereocenters. The third-order valence-electron chi connectivity index (χ3n) is 5.28. The highest BCUT2D eigenvalue weighted by atomic mass is 35.5. The summed E-state index contributed by atoms with van der Waals surface area (Å²) in [6.07, 6.45) is 1.34. The summed E-state index contributed by atoms with van der Waals surface area (Å²) in [6, 6.07) is 3.77. The fourth-order valence-electron chi connectivity index (χ4n) is 4.11. The van der Waals surface area contributed by atoms with Gasteiger partial charge in [0.2, 0.25) is 0 Å². The van der Waals surface area contributed by atoms with E-state index >= 15 is 0 Å². The van der Waals surface area contributed by atoms with Crippen LogP contribution in [0.3, 0.4) is 0 Å². The maximum atomic E-state index is 13.2. The molecule has 1 atom stereocenters. The summed E-state index contributed by atoms with van der Waals surface area (Å²) in [5.41, 5.74) is 0.0538. The van der Waals surface area contributed by atoms with Crippen molar-refractivity contribution in [1.29, 1.82) is 0 Å². The van der Waals surface area contributed by atoms with E-state index in [1.807, 2.05) is 0 Å². The smallest absolute Gasteiger partial charge is 0.314 e. The van der Waals surface area contributed by atoms with E-state index in [1.54, 1.807) is 0 Å². The molecule has 1 aliphatic heterocycles. The average Bonchev–Trinajstić information content (AvgIpc) is 2.58. The second-order valence-electron chi connectivity index (χ2n) is 6.86. The molecule has 1 N–H and O–H groups in total. The summed E-state index contributed by atoms with van der Waals surface area (Å²) in [7, 11) is 0. The maximum absolute atomic E-state index is 13.2. The highest BCUT2D eigenvalue weighted by Gasteiger charge is 2.35. The van der Waals surface area contributed by atoms with E-state index in [4.69, 9.17) is 11.6 Å². The van der Waals surface area contributed by atoms with Crippen molar-refractivity contribution in [2.45, 2.75) is 44.3 Å². The lowest BCUT2D eigenvalue weighted by molar-refractivity contribution is -0.137. The molecule has 134 valence electrons. The fourth-order valence-corrected chi connectivity index (χ4v) is 4.34. The van der Waals surface area contributed by atoms with E-state index in [0.717, 1.165) is 57.9 Å². The molecule has 3 rings (SSSR count). The van der Waals surface area contributed by atoms with Crippen LogP contribution in [-0.4, -0.2) is 31.1 Å². The molecule has 0 aromatic heterocycles. The van der Waals surface area contributed by atoms with Gasteiger partial charge < -0.3 is 5.32 Å². The van der Waals surface area contributed by atoms with Gasteiger partial charge in [-0.3, -0.25) is 4.90 Å².